The van der Waals surface area contributed by atoms with Crippen molar-refractivity contribution in [1.29, 1.82) is 0 Å². The van der Waals surface area contributed by atoms with Crippen LogP contribution in [0.3, 0.4) is 0 Å². The van der Waals surface area contributed by atoms with Crippen molar-refractivity contribution in [3.8, 4) is 0 Å². The van der Waals surface area contributed by atoms with Gasteiger partial charge < -0.3 is 9.88 Å². The molecule has 0 aliphatic heterocycles. The van der Waals surface area contributed by atoms with Crippen LogP contribution in [-0.4, -0.2) is 21.6 Å². The molecule has 1 aromatic rings. The number of nitrogens with one attached hydrogen (secondary N) is 1. The van der Waals surface area contributed by atoms with E-state index in [2.05, 4.69) is 35.6 Å². The normalized spacial score (nSPS) is 26.8. The Kier molecular flexibility index (Phi) is 3.64. The maximum absolute atomic E-state index is 4.06. The van der Waals surface area contributed by atoms with E-state index in [1.54, 1.807) is 0 Å². The smallest absolute Gasteiger partial charge is 0.0946 e. The van der Waals surface area contributed by atoms with Crippen molar-refractivity contribution in [3.05, 3.63) is 18.7 Å². The molecule has 0 aromatic carbocycles. The Morgan fingerprint density at radius 3 is 2.69 bits per heavy atom. The quantitative estimate of drug-likeness (QED) is 0.827. The number of imidazole rings is 1. The van der Waals surface area contributed by atoms with Crippen LogP contribution in [0.5, 0.6) is 0 Å². The molecule has 3 nitrogen and oxygen atoms in total. The first-order valence-corrected chi connectivity index (χ1v) is 6.37. The van der Waals surface area contributed by atoms with Crippen molar-refractivity contribution < 1.29 is 0 Å². The highest BCUT2D eigenvalue weighted by Gasteiger charge is 2.31. The van der Waals surface area contributed by atoms with Crippen LogP contribution in [0.1, 0.15) is 33.6 Å². The Morgan fingerprint density at radius 2 is 2.12 bits per heavy atom. The molecule has 1 fully saturated rings. The van der Waals surface area contributed by atoms with Gasteiger partial charge in [0.2, 0.25) is 0 Å². The summed E-state index contributed by atoms with van der Waals surface area (Å²) in [5, 5.41) is 3.69. The van der Waals surface area contributed by atoms with E-state index in [0.29, 0.717) is 6.04 Å². The lowest BCUT2D eigenvalue weighted by molar-refractivity contribution is 0.156. The van der Waals surface area contributed by atoms with Crippen LogP contribution >= 0.6 is 0 Å². The fraction of sp³-hybridized carbons (Fsp3) is 0.769. The molecule has 1 aromatic heterocycles. The lowest BCUT2D eigenvalue weighted by Crippen LogP contribution is -2.47. The second kappa shape index (κ2) is 5.00. The zero-order valence-electron chi connectivity index (χ0n) is 10.6. The number of rotatable bonds is 5. The van der Waals surface area contributed by atoms with Crippen LogP contribution in [-0.2, 0) is 6.54 Å². The van der Waals surface area contributed by atoms with Crippen LogP contribution in [0.15, 0.2) is 18.7 Å². The van der Waals surface area contributed by atoms with Crippen LogP contribution in [0.25, 0.3) is 0 Å². The van der Waals surface area contributed by atoms with Crippen molar-refractivity contribution in [2.24, 2.45) is 11.8 Å². The summed E-state index contributed by atoms with van der Waals surface area (Å²) < 4.78 is 2.14. The molecule has 1 atom stereocenters. The van der Waals surface area contributed by atoms with Crippen LogP contribution in [0.2, 0.25) is 0 Å². The van der Waals surface area contributed by atoms with Gasteiger partial charge in [-0.3, -0.25) is 0 Å². The molecule has 90 valence electrons. The molecule has 1 heterocycles. The van der Waals surface area contributed by atoms with E-state index < -0.39 is 0 Å². The summed E-state index contributed by atoms with van der Waals surface area (Å²) in [4.78, 5) is 4.06. The largest absolute Gasteiger partial charge is 0.336 e. The van der Waals surface area contributed by atoms with Gasteiger partial charge in [0.15, 0.2) is 0 Å². The first-order chi connectivity index (χ1) is 7.65. The van der Waals surface area contributed by atoms with E-state index in [0.717, 1.165) is 24.4 Å². The summed E-state index contributed by atoms with van der Waals surface area (Å²) in [5.74, 6) is 1.79. The molecule has 0 bridgehead atoms. The average molecular weight is 221 g/mol. The van der Waals surface area contributed by atoms with Gasteiger partial charge >= 0.3 is 0 Å². The van der Waals surface area contributed by atoms with Gasteiger partial charge in [0.1, 0.15) is 0 Å². The third-order valence-electron chi connectivity index (χ3n) is 3.68. The van der Waals surface area contributed by atoms with Gasteiger partial charge in [0, 0.05) is 31.0 Å². The highest BCUT2D eigenvalue weighted by Crippen LogP contribution is 2.33. The zero-order valence-corrected chi connectivity index (χ0v) is 10.6. The molecule has 2 rings (SSSR count). The lowest BCUT2D eigenvalue weighted by atomic mass is 9.73. The Bertz CT molecular complexity index is 299. The first-order valence-electron chi connectivity index (χ1n) is 6.37. The lowest BCUT2D eigenvalue weighted by Gasteiger charge is -2.40. The van der Waals surface area contributed by atoms with E-state index in [4.69, 9.17) is 0 Å². The molecule has 1 aliphatic rings. The molecule has 0 saturated heterocycles. The number of aromatic nitrogens is 2. The standard InChI is InChI=1S/C13H23N3/c1-10(2)12-6-13(7-12)15-11(3)8-16-5-4-14-9-16/h4-5,9-13,15H,6-8H2,1-3H3. The summed E-state index contributed by atoms with van der Waals surface area (Å²) in [6.45, 7) is 7.93. The van der Waals surface area contributed by atoms with Gasteiger partial charge in [-0.05, 0) is 31.6 Å². The summed E-state index contributed by atoms with van der Waals surface area (Å²) in [5.41, 5.74) is 0. The highest BCUT2D eigenvalue weighted by atomic mass is 15.1. The monoisotopic (exact) mass is 221 g/mol. The highest BCUT2D eigenvalue weighted by molar-refractivity contribution is 4.88. The molecule has 0 radical (unpaired) electrons. The Balaban J connectivity index is 1.67. The van der Waals surface area contributed by atoms with Crippen molar-refractivity contribution >= 4 is 0 Å². The second-order valence-corrected chi connectivity index (χ2v) is 5.50. The van der Waals surface area contributed by atoms with Gasteiger partial charge in [-0.1, -0.05) is 13.8 Å². The van der Waals surface area contributed by atoms with Crippen molar-refractivity contribution in [2.75, 3.05) is 0 Å². The van der Waals surface area contributed by atoms with Gasteiger partial charge in [-0.25, -0.2) is 4.98 Å². The minimum absolute atomic E-state index is 0.535. The summed E-state index contributed by atoms with van der Waals surface area (Å²) >= 11 is 0. The van der Waals surface area contributed by atoms with Crippen LogP contribution in [0, 0.1) is 11.8 Å². The van der Waals surface area contributed by atoms with Crippen molar-refractivity contribution in [2.45, 2.75) is 52.2 Å². The van der Waals surface area contributed by atoms with Crippen LogP contribution < -0.4 is 5.32 Å². The van der Waals surface area contributed by atoms with E-state index >= 15 is 0 Å². The van der Waals surface area contributed by atoms with Crippen LogP contribution in [0.4, 0.5) is 0 Å². The van der Waals surface area contributed by atoms with E-state index in [-0.39, 0.29) is 0 Å². The van der Waals surface area contributed by atoms with Gasteiger partial charge in [0.05, 0.1) is 6.33 Å². The number of hydrogen-bond acceptors (Lipinski definition) is 2. The Hall–Kier alpha value is -0.830. The molecule has 1 unspecified atom stereocenters. The topological polar surface area (TPSA) is 29.9 Å². The minimum atomic E-state index is 0.535. The van der Waals surface area contributed by atoms with Gasteiger partial charge in [-0.2, -0.15) is 0 Å². The average Bonchev–Trinajstić information content (AvgIpc) is 2.62. The Labute approximate surface area is 98.3 Å². The first kappa shape index (κ1) is 11.6. The zero-order chi connectivity index (χ0) is 11.5. The Morgan fingerprint density at radius 1 is 1.38 bits per heavy atom. The van der Waals surface area contributed by atoms with E-state index in [9.17, 15) is 0 Å². The molecule has 1 aliphatic carbocycles. The van der Waals surface area contributed by atoms with E-state index in [1.165, 1.54) is 12.8 Å². The molecule has 0 amide bonds. The summed E-state index contributed by atoms with van der Waals surface area (Å²) in [6.07, 6.45) is 8.45. The van der Waals surface area contributed by atoms with Crippen molar-refractivity contribution in [1.82, 2.24) is 14.9 Å². The summed E-state index contributed by atoms with van der Waals surface area (Å²) in [7, 11) is 0. The SMILES string of the molecule is CC(Cn1ccnc1)NC1CC(C(C)C)C1. The fourth-order valence-corrected chi connectivity index (χ4v) is 2.51. The second-order valence-electron chi connectivity index (χ2n) is 5.50. The molecule has 0 spiro atoms. The maximum atomic E-state index is 4.06. The molecular weight excluding hydrogens is 198 g/mol. The minimum Gasteiger partial charge on any atom is -0.336 e. The predicted octanol–water partition coefficient (Wildman–Crippen LogP) is 2.30. The maximum Gasteiger partial charge on any atom is 0.0946 e. The fourth-order valence-electron chi connectivity index (χ4n) is 2.51. The third-order valence-corrected chi connectivity index (χ3v) is 3.68. The van der Waals surface area contributed by atoms with Gasteiger partial charge in [0.25, 0.3) is 0 Å². The predicted molar refractivity (Wildman–Crippen MR) is 66.2 cm³/mol. The summed E-state index contributed by atoms with van der Waals surface area (Å²) in [6, 6.07) is 1.28. The number of nitrogens with zero attached hydrogens (tertiary/aromatic N) is 2. The molecule has 1 N–H and O–H groups in total. The molecule has 3 heteroatoms. The number of hydrogen-bond donors (Lipinski definition) is 1. The van der Waals surface area contributed by atoms with Gasteiger partial charge in [-0.15, -0.1) is 0 Å². The van der Waals surface area contributed by atoms with Crippen molar-refractivity contribution in [3.63, 3.8) is 0 Å². The molecular formula is C13H23N3. The molecule has 1 saturated carbocycles. The third kappa shape index (κ3) is 2.85. The van der Waals surface area contributed by atoms with E-state index in [1.807, 2.05) is 18.7 Å². The molecule has 16 heavy (non-hydrogen) atoms.